The molecule has 0 saturated carbocycles. The zero-order chi connectivity index (χ0) is 19.3. The number of rotatable bonds is 7. The number of hydrogen-bond acceptors (Lipinski definition) is 5. The van der Waals surface area contributed by atoms with Crippen LogP contribution in [0.4, 0.5) is 5.69 Å². The number of hydrogen-bond donors (Lipinski definition) is 2. The summed E-state index contributed by atoms with van der Waals surface area (Å²) in [6.45, 7) is 0.137. The fourth-order valence-electron chi connectivity index (χ4n) is 2.17. The van der Waals surface area contributed by atoms with Crippen LogP contribution in [0.5, 0.6) is 0 Å². The van der Waals surface area contributed by atoms with E-state index >= 15 is 0 Å². The van der Waals surface area contributed by atoms with Crippen LogP contribution in [0.2, 0.25) is 5.02 Å². The van der Waals surface area contributed by atoms with Gasteiger partial charge in [-0.3, -0.25) is 14.9 Å². The number of carbonyl (C=O) groups excluding carboxylic acids is 1. The molecule has 0 aromatic heterocycles. The van der Waals surface area contributed by atoms with Crippen LogP contribution in [-0.2, 0) is 22.3 Å². The minimum atomic E-state index is -3.36. The van der Waals surface area contributed by atoms with E-state index in [1.165, 1.54) is 19.2 Å². The van der Waals surface area contributed by atoms with Crippen molar-refractivity contribution in [2.75, 3.05) is 7.05 Å². The molecule has 0 aliphatic carbocycles. The van der Waals surface area contributed by atoms with Crippen molar-refractivity contribution < 1.29 is 18.1 Å². The molecule has 0 saturated heterocycles. The standard InChI is InChI=1S/C16H16ClN3O5S/c1-18-26(24,25)10-12-4-2-11(3-5-12)9-19-16(21)14-7-6-13(17)8-15(14)20(22)23/h2-8,18H,9-10H2,1H3,(H,19,21). The molecule has 2 rings (SSSR count). The van der Waals surface area contributed by atoms with Crippen molar-refractivity contribution in [1.29, 1.82) is 0 Å². The summed E-state index contributed by atoms with van der Waals surface area (Å²) in [5.41, 5.74) is 0.863. The van der Waals surface area contributed by atoms with Gasteiger partial charge >= 0.3 is 0 Å². The van der Waals surface area contributed by atoms with Gasteiger partial charge in [0.15, 0.2) is 0 Å². The quantitative estimate of drug-likeness (QED) is 0.548. The average Bonchev–Trinajstić information content (AvgIpc) is 2.60. The molecular weight excluding hydrogens is 382 g/mol. The third-order valence-corrected chi connectivity index (χ3v) is 5.12. The fourth-order valence-corrected chi connectivity index (χ4v) is 3.11. The first-order valence-corrected chi connectivity index (χ1v) is 9.46. The number of nitro benzene ring substituents is 1. The van der Waals surface area contributed by atoms with Gasteiger partial charge in [0.2, 0.25) is 10.0 Å². The van der Waals surface area contributed by atoms with E-state index in [1.807, 2.05) is 0 Å². The van der Waals surface area contributed by atoms with E-state index < -0.39 is 20.9 Å². The molecule has 0 unspecified atom stereocenters. The Bertz CT molecular complexity index is 929. The SMILES string of the molecule is CNS(=O)(=O)Cc1ccc(CNC(=O)c2ccc(Cl)cc2[N+](=O)[O-])cc1. The lowest BCUT2D eigenvalue weighted by Crippen LogP contribution is -2.23. The lowest BCUT2D eigenvalue weighted by Gasteiger charge is -2.08. The van der Waals surface area contributed by atoms with E-state index in [4.69, 9.17) is 11.6 Å². The summed E-state index contributed by atoms with van der Waals surface area (Å²) in [7, 11) is -2.02. The van der Waals surface area contributed by atoms with Gasteiger partial charge < -0.3 is 5.32 Å². The number of nitro groups is 1. The van der Waals surface area contributed by atoms with Gasteiger partial charge in [-0.25, -0.2) is 13.1 Å². The molecule has 26 heavy (non-hydrogen) atoms. The highest BCUT2D eigenvalue weighted by Crippen LogP contribution is 2.23. The number of amides is 1. The molecule has 0 bridgehead atoms. The maximum Gasteiger partial charge on any atom is 0.283 e. The van der Waals surface area contributed by atoms with Crippen molar-refractivity contribution in [3.63, 3.8) is 0 Å². The molecule has 0 atom stereocenters. The van der Waals surface area contributed by atoms with Crippen LogP contribution in [0, 0.1) is 10.1 Å². The van der Waals surface area contributed by atoms with E-state index in [9.17, 15) is 23.3 Å². The molecule has 0 radical (unpaired) electrons. The highest BCUT2D eigenvalue weighted by Gasteiger charge is 2.20. The Kier molecular flexibility index (Phi) is 6.30. The summed E-state index contributed by atoms with van der Waals surface area (Å²) in [6, 6.07) is 10.5. The number of sulfonamides is 1. The van der Waals surface area contributed by atoms with Crippen molar-refractivity contribution in [3.05, 3.63) is 74.3 Å². The second-order valence-corrected chi connectivity index (χ2v) is 7.74. The van der Waals surface area contributed by atoms with Crippen molar-refractivity contribution in [1.82, 2.24) is 10.0 Å². The summed E-state index contributed by atoms with van der Waals surface area (Å²) in [5, 5.41) is 13.8. The summed E-state index contributed by atoms with van der Waals surface area (Å²) >= 11 is 5.73. The highest BCUT2D eigenvalue weighted by atomic mass is 35.5. The van der Waals surface area contributed by atoms with Gasteiger partial charge in [0.05, 0.1) is 10.7 Å². The predicted octanol–water partition coefficient (Wildman–Crippen LogP) is 2.23. The smallest absolute Gasteiger partial charge is 0.283 e. The highest BCUT2D eigenvalue weighted by molar-refractivity contribution is 7.88. The fraction of sp³-hybridized carbons (Fsp3) is 0.188. The molecule has 0 aliphatic heterocycles. The van der Waals surface area contributed by atoms with Crippen LogP contribution in [0.25, 0.3) is 0 Å². The van der Waals surface area contributed by atoms with Crippen LogP contribution in [-0.4, -0.2) is 26.3 Å². The number of halogens is 1. The van der Waals surface area contributed by atoms with Gasteiger partial charge in [-0.05, 0) is 30.3 Å². The second kappa shape index (κ2) is 8.26. The third-order valence-electron chi connectivity index (χ3n) is 3.54. The molecule has 2 aromatic rings. The van der Waals surface area contributed by atoms with Gasteiger partial charge in [-0.2, -0.15) is 0 Å². The lowest BCUT2D eigenvalue weighted by molar-refractivity contribution is -0.385. The predicted molar refractivity (Wildman–Crippen MR) is 97.4 cm³/mol. The van der Waals surface area contributed by atoms with Crippen LogP contribution >= 0.6 is 11.6 Å². The summed E-state index contributed by atoms with van der Waals surface area (Å²) in [4.78, 5) is 22.6. The Morgan fingerprint density at radius 1 is 1.15 bits per heavy atom. The molecule has 0 heterocycles. The first-order chi connectivity index (χ1) is 12.2. The summed E-state index contributed by atoms with van der Waals surface area (Å²) in [6.07, 6.45) is 0. The van der Waals surface area contributed by atoms with Crippen LogP contribution < -0.4 is 10.0 Å². The number of benzene rings is 2. The zero-order valence-electron chi connectivity index (χ0n) is 13.7. The Balaban J connectivity index is 2.05. The normalized spacial score (nSPS) is 11.2. The van der Waals surface area contributed by atoms with Gasteiger partial charge in [-0.1, -0.05) is 35.9 Å². The molecule has 0 aliphatic rings. The van der Waals surface area contributed by atoms with E-state index in [0.717, 1.165) is 11.6 Å². The molecule has 0 fully saturated rings. The molecule has 10 heteroatoms. The first kappa shape index (κ1) is 19.8. The Hall–Kier alpha value is -2.49. The largest absolute Gasteiger partial charge is 0.348 e. The lowest BCUT2D eigenvalue weighted by atomic mass is 10.1. The second-order valence-electron chi connectivity index (χ2n) is 5.38. The van der Waals surface area contributed by atoms with E-state index in [-0.39, 0.29) is 28.6 Å². The van der Waals surface area contributed by atoms with E-state index in [0.29, 0.717) is 5.56 Å². The van der Waals surface area contributed by atoms with Crippen LogP contribution in [0.1, 0.15) is 21.5 Å². The monoisotopic (exact) mass is 397 g/mol. The van der Waals surface area contributed by atoms with Gasteiger partial charge in [-0.15, -0.1) is 0 Å². The number of nitrogens with one attached hydrogen (secondary N) is 2. The molecule has 1 amide bonds. The molecule has 138 valence electrons. The summed E-state index contributed by atoms with van der Waals surface area (Å²) < 4.78 is 25.2. The van der Waals surface area contributed by atoms with E-state index in [2.05, 4.69) is 10.0 Å². The average molecular weight is 398 g/mol. The minimum Gasteiger partial charge on any atom is -0.348 e. The van der Waals surface area contributed by atoms with Crippen LogP contribution in [0.15, 0.2) is 42.5 Å². The van der Waals surface area contributed by atoms with Crippen molar-refractivity contribution in [3.8, 4) is 0 Å². The maximum absolute atomic E-state index is 12.2. The molecule has 2 N–H and O–H groups in total. The number of carbonyl (C=O) groups is 1. The van der Waals surface area contributed by atoms with Gasteiger partial charge in [0.25, 0.3) is 11.6 Å². The molecule has 0 spiro atoms. The number of nitrogens with zero attached hydrogens (tertiary/aromatic N) is 1. The van der Waals surface area contributed by atoms with Crippen molar-refractivity contribution in [2.24, 2.45) is 0 Å². The maximum atomic E-state index is 12.2. The Morgan fingerprint density at radius 3 is 2.35 bits per heavy atom. The molecular formula is C16H16ClN3O5S. The molecule has 2 aromatic carbocycles. The van der Waals surface area contributed by atoms with Crippen molar-refractivity contribution >= 4 is 33.2 Å². The minimum absolute atomic E-state index is 0.0869. The van der Waals surface area contributed by atoms with E-state index in [1.54, 1.807) is 24.3 Å². The van der Waals surface area contributed by atoms with Gasteiger partial charge in [0, 0.05) is 17.6 Å². The zero-order valence-corrected chi connectivity index (χ0v) is 15.3. The van der Waals surface area contributed by atoms with Crippen LogP contribution in [0.3, 0.4) is 0 Å². The Labute approximate surface area is 155 Å². The summed E-state index contributed by atoms with van der Waals surface area (Å²) in [5.74, 6) is -0.747. The van der Waals surface area contributed by atoms with Gasteiger partial charge in [0.1, 0.15) is 5.56 Å². The topological polar surface area (TPSA) is 118 Å². The Morgan fingerprint density at radius 2 is 1.77 bits per heavy atom. The molecule has 8 nitrogen and oxygen atoms in total. The van der Waals surface area contributed by atoms with Crippen molar-refractivity contribution in [2.45, 2.75) is 12.3 Å². The third kappa shape index (κ3) is 5.25. The first-order valence-electron chi connectivity index (χ1n) is 7.43.